The van der Waals surface area contributed by atoms with Crippen molar-refractivity contribution in [3.8, 4) is 0 Å². The minimum Gasteiger partial charge on any atom is -0.348 e. The number of nitrogens with zero attached hydrogens (tertiary/aromatic N) is 4. The Morgan fingerprint density at radius 1 is 1.24 bits per heavy atom. The van der Waals surface area contributed by atoms with E-state index in [0.717, 1.165) is 31.5 Å². The molecule has 1 aliphatic rings. The lowest BCUT2D eigenvalue weighted by Gasteiger charge is -2.18. The van der Waals surface area contributed by atoms with Gasteiger partial charge < -0.3 is 10.2 Å². The number of nitrogens with one attached hydrogen (secondary N) is 1. The van der Waals surface area contributed by atoms with Crippen LogP contribution < -0.4 is 10.2 Å². The number of pyridine rings is 1. The summed E-state index contributed by atoms with van der Waals surface area (Å²) in [6.07, 6.45) is 8.98. The van der Waals surface area contributed by atoms with Crippen LogP contribution in [0.1, 0.15) is 47.4 Å². The summed E-state index contributed by atoms with van der Waals surface area (Å²) >= 11 is 0. The molecule has 0 radical (unpaired) electrons. The molecule has 6 heteroatoms. The van der Waals surface area contributed by atoms with Crippen LogP contribution in [-0.2, 0) is 6.42 Å². The summed E-state index contributed by atoms with van der Waals surface area (Å²) in [7, 11) is 1.95. The van der Waals surface area contributed by atoms with E-state index >= 15 is 0 Å². The molecule has 0 aliphatic heterocycles. The Balaban J connectivity index is 1.66. The quantitative estimate of drug-likeness (QED) is 0.876. The Labute approximate surface area is 148 Å². The van der Waals surface area contributed by atoms with E-state index in [9.17, 15) is 4.79 Å². The highest BCUT2D eigenvalue weighted by Crippen LogP contribution is 2.18. The van der Waals surface area contributed by atoms with Crippen molar-refractivity contribution in [1.82, 2.24) is 20.3 Å². The average molecular weight is 339 g/mol. The maximum absolute atomic E-state index is 12.5. The van der Waals surface area contributed by atoms with Gasteiger partial charge in [0.1, 0.15) is 5.69 Å². The molecule has 2 aromatic rings. The number of hydrogen-bond donors (Lipinski definition) is 1. The molecule has 0 spiro atoms. The molecule has 0 saturated heterocycles. The maximum Gasteiger partial charge on any atom is 0.270 e. The summed E-state index contributed by atoms with van der Waals surface area (Å²) in [6.45, 7) is 2.67. The Morgan fingerprint density at radius 3 is 2.68 bits per heavy atom. The number of hydrogen-bond acceptors (Lipinski definition) is 5. The van der Waals surface area contributed by atoms with E-state index in [1.807, 2.05) is 31.0 Å². The van der Waals surface area contributed by atoms with Crippen molar-refractivity contribution in [2.75, 3.05) is 18.5 Å². The average Bonchev–Trinajstić information content (AvgIpc) is 3.13. The second-order valence-corrected chi connectivity index (χ2v) is 6.68. The normalized spacial score (nSPS) is 14.5. The summed E-state index contributed by atoms with van der Waals surface area (Å²) in [5, 5.41) is 3.09. The molecule has 1 aliphatic carbocycles. The molecular formula is C19H25N5O. The molecule has 0 atom stereocenters. The number of aromatic nitrogens is 3. The Morgan fingerprint density at radius 2 is 1.96 bits per heavy atom. The smallest absolute Gasteiger partial charge is 0.270 e. The predicted molar refractivity (Wildman–Crippen MR) is 97.7 cm³/mol. The van der Waals surface area contributed by atoms with Gasteiger partial charge >= 0.3 is 0 Å². The zero-order chi connectivity index (χ0) is 17.6. The van der Waals surface area contributed by atoms with Crippen LogP contribution in [0.15, 0.2) is 30.6 Å². The van der Waals surface area contributed by atoms with Crippen molar-refractivity contribution >= 4 is 11.9 Å². The predicted octanol–water partition coefficient (Wildman–Crippen LogP) is 2.53. The number of aryl methyl sites for hydroxylation is 1. The summed E-state index contributed by atoms with van der Waals surface area (Å²) in [6, 6.07) is 6.05. The highest BCUT2D eigenvalue weighted by atomic mass is 16.1. The minimum absolute atomic E-state index is 0.0961. The summed E-state index contributed by atoms with van der Waals surface area (Å²) < 4.78 is 0. The molecule has 1 saturated carbocycles. The van der Waals surface area contributed by atoms with Gasteiger partial charge in [0, 0.05) is 37.7 Å². The molecule has 6 nitrogen and oxygen atoms in total. The molecule has 2 aromatic heterocycles. The van der Waals surface area contributed by atoms with Gasteiger partial charge in [-0.2, -0.15) is 0 Å². The molecule has 2 heterocycles. The van der Waals surface area contributed by atoms with Crippen molar-refractivity contribution in [2.24, 2.45) is 0 Å². The lowest BCUT2D eigenvalue weighted by atomic mass is 10.2. The van der Waals surface area contributed by atoms with Crippen LogP contribution in [-0.4, -0.2) is 40.5 Å². The van der Waals surface area contributed by atoms with Crippen LogP contribution in [0.3, 0.4) is 0 Å². The standard InChI is InChI=1S/C19H25N5O/c1-14-13-17(18(25)22-16-5-3-4-6-16)23-19(21-14)24(2)12-9-15-7-10-20-11-8-15/h7-8,10-11,13,16H,3-6,9,12H2,1-2H3,(H,22,25). The van der Waals surface area contributed by atoms with E-state index < -0.39 is 0 Å². The largest absolute Gasteiger partial charge is 0.348 e. The highest BCUT2D eigenvalue weighted by molar-refractivity contribution is 5.92. The number of anilines is 1. The van der Waals surface area contributed by atoms with Gasteiger partial charge in [0.05, 0.1) is 0 Å². The Kier molecular flexibility index (Phi) is 5.58. The zero-order valence-corrected chi connectivity index (χ0v) is 14.9. The van der Waals surface area contributed by atoms with Crippen molar-refractivity contribution in [3.63, 3.8) is 0 Å². The third-order valence-electron chi connectivity index (χ3n) is 4.59. The fourth-order valence-electron chi connectivity index (χ4n) is 3.12. The van der Waals surface area contributed by atoms with Crippen LogP contribution in [0.4, 0.5) is 5.95 Å². The summed E-state index contributed by atoms with van der Waals surface area (Å²) in [5.74, 6) is 0.492. The second-order valence-electron chi connectivity index (χ2n) is 6.68. The van der Waals surface area contributed by atoms with Crippen molar-refractivity contribution in [3.05, 3.63) is 47.5 Å². The third-order valence-corrected chi connectivity index (χ3v) is 4.59. The first kappa shape index (κ1) is 17.3. The summed E-state index contributed by atoms with van der Waals surface area (Å²) in [5.41, 5.74) is 2.47. The highest BCUT2D eigenvalue weighted by Gasteiger charge is 2.20. The van der Waals surface area contributed by atoms with Crippen LogP contribution in [0.2, 0.25) is 0 Å². The third kappa shape index (κ3) is 4.75. The molecule has 1 fully saturated rings. The van der Waals surface area contributed by atoms with Gasteiger partial charge in [-0.1, -0.05) is 12.8 Å². The van der Waals surface area contributed by atoms with E-state index in [1.165, 1.54) is 18.4 Å². The lowest BCUT2D eigenvalue weighted by molar-refractivity contribution is 0.0932. The van der Waals surface area contributed by atoms with Gasteiger partial charge in [0.15, 0.2) is 0 Å². The molecule has 132 valence electrons. The van der Waals surface area contributed by atoms with E-state index in [4.69, 9.17) is 0 Å². The molecule has 1 N–H and O–H groups in total. The fraction of sp³-hybridized carbons (Fsp3) is 0.474. The van der Waals surface area contributed by atoms with Crippen molar-refractivity contribution in [1.29, 1.82) is 0 Å². The van der Waals surface area contributed by atoms with E-state index in [1.54, 1.807) is 18.5 Å². The number of carbonyl (C=O) groups is 1. The van der Waals surface area contributed by atoms with Gasteiger partial charge in [0.25, 0.3) is 5.91 Å². The first-order valence-corrected chi connectivity index (χ1v) is 8.88. The minimum atomic E-state index is -0.0961. The molecule has 25 heavy (non-hydrogen) atoms. The molecule has 3 rings (SSSR count). The fourth-order valence-corrected chi connectivity index (χ4v) is 3.12. The summed E-state index contributed by atoms with van der Waals surface area (Å²) in [4.78, 5) is 27.5. The second kappa shape index (κ2) is 8.05. The Hall–Kier alpha value is -2.50. The van der Waals surface area contributed by atoms with Gasteiger partial charge in [0.2, 0.25) is 5.95 Å². The lowest BCUT2D eigenvalue weighted by Crippen LogP contribution is -2.34. The number of rotatable bonds is 6. The van der Waals surface area contributed by atoms with Gasteiger partial charge in [-0.05, 0) is 49.9 Å². The number of carbonyl (C=O) groups excluding carboxylic acids is 1. The Bertz CT molecular complexity index is 713. The van der Waals surface area contributed by atoms with E-state index in [-0.39, 0.29) is 11.9 Å². The molecule has 1 amide bonds. The van der Waals surface area contributed by atoms with Gasteiger partial charge in [-0.15, -0.1) is 0 Å². The van der Waals surface area contributed by atoms with E-state index in [0.29, 0.717) is 11.6 Å². The maximum atomic E-state index is 12.5. The van der Waals surface area contributed by atoms with Crippen molar-refractivity contribution in [2.45, 2.75) is 45.1 Å². The van der Waals surface area contributed by atoms with Crippen LogP contribution >= 0.6 is 0 Å². The van der Waals surface area contributed by atoms with Gasteiger partial charge in [-0.25, -0.2) is 9.97 Å². The van der Waals surface area contributed by atoms with E-state index in [2.05, 4.69) is 20.3 Å². The van der Waals surface area contributed by atoms with Crippen LogP contribution in [0.25, 0.3) is 0 Å². The first-order chi connectivity index (χ1) is 12.1. The zero-order valence-electron chi connectivity index (χ0n) is 14.9. The van der Waals surface area contributed by atoms with Crippen LogP contribution in [0.5, 0.6) is 0 Å². The van der Waals surface area contributed by atoms with Crippen LogP contribution in [0, 0.1) is 6.92 Å². The number of amides is 1. The monoisotopic (exact) mass is 339 g/mol. The number of likely N-dealkylation sites (N-methyl/N-ethyl adjacent to an activating group) is 1. The molecule has 0 bridgehead atoms. The van der Waals surface area contributed by atoms with Crippen molar-refractivity contribution < 1.29 is 4.79 Å². The topological polar surface area (TPSA) is 71.0 Å². The molecule has 0 unspecified atom stereocenters. The first-order valence-electron chi connectivity index (χ1n) is 8.88. The molecule has 0 aromatic carbocycles. The molecular weight excluding hydrogens is 314 g/mol. The SMILES string of the molecule is Cc1cc(C(=O)NC2CCCC2)nc(N(C)CCc2ccncc2)n1. The van der Waals surface area contributed by atoms with Gasteiger partial charge in [-0.3, -0.25) is 9.78 Å².